The Morgan fingerprint density at radius 2 is 2.10 bits per heavy atom. The number of hydrogen-bond donors (Lipinski definition) is 2. The van der Waals surface area contributed by atoms with Crippen LogP contribution in [0.2, 0.25) is 0 Å². The third-order valence-corrected chi connectivity index (χ3v) is 4.24. The molecule has 0 saturated heterocycles. The first-order valence-corrected chi connectivity index (χ1v) is 5.56. The molecule has 0 heterocycles. The van der Waals surface area contributed by atoms with Crippen LogP contribution in [0.3, 0.4) is 0 Å². The highest BCUT2D eigenvalue weighted by Gasteiger charge is 2.15. The van der Waals surface area contributed by atoms with Crippen LogP contribution >= 0.6 is 21.6 Å². The fraction of sp³-hybridized carbons (Fsp3) is 1.00. The second-order valence-corrected chi connectivity index (χ2v) is 5.72. The van der Waals surface area contributed by atoms with Gasteiger partial charge in [0, 0.05) is 17.0 Å². The molecule has 0 aliphatic rings. The minimum Gasteiger partial charge on any atom is -0.395 e. The van der Waals surface area contributed by atoms with Crippen molar-refractivity contribution < 1.29 is 5.11 Å². The minimum absolute atomic E-state index is 0.139. The van der Waals surface area contributed by atoms with Crippen molar-refractivity contribution in [2.75, 3.05) is 18.9 Å². The van der Waals surface area contributed by atoms with Crippen molar-refractivity contribution in [3.8, 4) is 0 Å². The molecule has 0 aromatic carbocycles. The molecule has 0 spiro atoms. The predicted molar refractivity (Wildman–Crippen MR) is 50.3 cm³/mol. The standard InChI is InChI=1S/C6H15NOS2/c1-6(2,5-7)10-9-4-3-8/h8H,3-5,7H2,1-2H3. The van der Waals surface area contributed by atoms with Crippen LogP contribution < -0.4 is 5.73 Å². The first kappa shape index (κ1) is 10.6. The second-order valence-electron chi connectivity index (χ2n) is 2.59. The molecule has 0 aliphatic heterocycles. The highest BCUT2D eigenvalue weighted by atomic mass is 33.1. The Morgan fingerprint density at radius 3 is 2.50 bits per heavy atom. The van der Waals surface area contributed by atoms with Crippen molar-refractivity contribution in [2.45, 2.75) is 18.6 Å². The highest BCUT2D eigenvalue weighted by Crippen LogP contribution is 2.34. The molecule has 0 aromatic heterocycles. The van der Waals surface area contributed by atoms with E-state index in [9.17, 15) is 0 Å². The number of rotatable bonds is 5. The second kappa shape index (κ2) is 5.29. The van der Waals surface area contributed by atoms with E-state index in [0.717, 1.165) is 5.75 Å². The van der Waals surface area contributed by atoms with E-state index in [1.807, 2.05) is 0 Å². The predicted octanol–water partition coefficient (Wildman–Crippen LogP) is 1.10. The SMILES string of the molecule is CC(C)(CN)SSCCO. The third-order valence-electron chi connectivity index (χ3n) is 0.951. The molecule has 0 aliphatic carbocycles. The van der Waals surface area contributed by atoms with Crippen molar-refractivity contribution in [3.05, 3.63) is 0 Å². The Kier molecular flexibility index (Phi) is 5.62. The van der Waals surface area contributed by atoms with Crippen LogP contribution in [0.4, 0.5) is 0 Å². The molecule has 0 bridgehead atoms. The normalized spacial score (nSPS) is 12.0. The third kappa shape index (κ3) is 5.41. The Labute approximate surface area is 70.3 Å². The van der Waals surface area contributed by atoms with Gasteiger partial charge in [0.05, 0.1) is 6.61 Å². The van der Waals surface area contributed by atoms with Crippen LogP contribution in [0.25, 0.3) is 0 Å². The Hall–Kier alpha value is 0.620. The molecule has 0 amide bonds. The van der Waals surface area contributed by atoms with E-state index in [4.69, 9.17) is 10.8 Å². The lowest BCUT2D eigenvalue weighted by molar-refractivity contribution is 0.323. The van der Waals surface area contributed by atoms with Gasteiger partial charge in [-0.3, -0.25) is 0 Å². The van der Waals surface area contributed by atoms with E-state index in [2.05, 4.69) is 13.8 Å². The van der Waals surface area contributed by atoms with Crippen molar-refractivity contribution in [3.63, 3.8) is 0 Å². The molecular formula is C6H15NOS2. The summed E-state index contributed by atoms with van der Waals surface area (Å²) in [5, 5.41) is 8.47. The molecule has 4 heteroatoms. The first-order valence-electron chi connectivity index (χ1n) is 3.24. The van der Waals surface area contributed by atoms with Gasteiger partial charge in [-0.1, -0.05) is 21.6 Å². The van der Waals surface area contributed by atoms with Gasteiger partial charge in [-0.25, -0.2) is 0 Å². The number of aliphatic hydroxyl groups excluding tert-OH is 1. The van der Waals surface area contributed by atoms with Gasteiger partial charge in [-0.05, 0) is 13.8 Å². The smallest absolute Gasteiger partial charge is 0.0530 e. The first-order chi connectivity index (χ1) is 4.62. The molecule has 0 radical (unpaired) electrons. The topological polar surface area (TPSA) is 46.2 Å². The van der Waals surface area contributed by atoms with E-state index in [-0.39, 0.29) is 11.4 Å². The number of nitrogens with two attached hydrogens (primary N) is 1. The zero-order valence-electron chi connectivity index (χ0n) is 6.46. The quantitative estimate of drug-likeness (QED) is 0.492. The summed E-state index contributed by atoms with van der Waals surface area (Å²) in [6.07, 6.45) is 0. The molecule has 0 atom stereocenters. The maximum absolute atomic E-state index is 8.47. The fourth-order valence-electron chi connectivity index (χ4n) is 0.272. The molecular weight excluding hydrogens is 166 g/mol. The molecule has 0 rings (SSSR count). The lowest BCUT2D eigenvalue weighted by Gasteiger charge is -2.19. The van der Waals surface area contributed by atoms with E-state index in [0.29, 0.717) is 6.54 Å². The maximum Gasteiger partial charge on any atom is 0.0530 e. The van der Waals surface area contributed by atoms with Gasteiger partial charge < -0.3 is 10.8 Å². The van der Waals surface area contributed by atoms with Crippen LogP contribution in [0.1, 0.15) is 13.8 Å². The molecule has 3 N–H and O–H groups in total. The van der Waals surface area contributed by atoms with Gasteiger partial charge in [-0.15, -0.1) is 0 Å². The summed E-state index contributed by atoms with van der Waals surface area (Å²) >= 11 is 0. The van der Waals surface area contributed by atoms with Gasteiger partial charge in [0.2, 0.25) is 0 Å². The molecule has 0 fully saturated rings. The molecule has 0 saturated carbocycles. The Balaban J connectivity index is 3.28. The van der Waals surface area contributed by atoms with Crippen LogP contribution in [0.5, 0.6) is 0 Å². The van der Waals surface area contributed by atoms with Gasteiger partial charge >= 0.3 is 0 Å². The van der Waals surface area contributed by atoms with Crippen LogP contribution in [0.15, 0.2) is 0 Å². The van der Waals surface area contributed by atoms with Gasteiger partial charge in [0.25, 0.3) is 0 Å². The lowest BCUT2D eigenvalue weighted by Crippen LogP contribution is -2.25. The Bertz CT molecular complexity index is 87.8. The monoisotopic (exact) mass is 181 g/mol. The molecule has 0 aromatic rings. The van der Waals surface area contributed by atoms with Crippen LogP contribution in [0, 0.1) is 0 Å². The molecule has 2 nitrogen and oxygen atoms in total. The van der Waals surface area contributed by atoms with E-state index >= 15 is 0 Å². The van der Waals surface area contributed by atoms with E-state index < -0.39 is 0 Å². The van der Waals surface area contributed by atoms with Crippen LogP contribution in [-0.2, 0) is 0 Å². The lowest BCUT2D eigenvalue weighted by atomic mass is 10.2. The number of hydrogen-bond acceptors (Lipinski definition) is 4. The summed E-state index contributed by atoms with van der Waals surface area (Å²) in [4.78, 5) is 0. The summed E-state index contributed by atoms with van der Waals surface area (Å²) < 4.78 is 0.139. The summed E-state index contributed by atoms with van der Waals surface area (Å²) in [7, 11) is 3.41. The molecule has 0 unspecified atom stereocenters. The largest absolute Gasteiger partial charge is 0.395 e. The van der Waals surface area contributed by atoms with Crippen molar-refractivity contribution in [2.24, 2.45) is 5.73 Å². The maximum atomic E-state index is 8.47. The van der Waals surface area contributed by atoms with Crippen molar-refractivity contribution >= 4 is 21.6 Å². The van der Waals surface area contributed by atoms with Gasteiger partial charge in [0.1, 0.15) is 0 Å². The van der Waals surface area contributed by atoms with E-state index in [1.165, 1.54) is 0 Å². The molecule has 10 heavy (non-hydrogen) atoms. The average Bonchev–Trinajstić information content (AvgIpc) is 1.89. The molecule has 62 valence electrons. The van der Waals surface area contributed by atoms with E-state index in [1.54, 1.807) is 21.6 Å². The number of aliphatic hydroxyl groups is 1. The van der Waals surface area contributed by atoms with Gasteiger partial charge in [-0.2, -0.15) is 0 Å². The highest BCUT2D eigenvalue weighted by molar-refractivity contribution is 8.77. The van der Waals surface area contributed by atoms with Crippen molar-refractivity contribution in [1.82, 2.24) is 0 Å². The van der Waals surface area contributed by atoms with Gasteiger partial charge in [0.15, 0.2) is 0 Å². The summed E-state index contributed by atoms with van der Waals surface area (Å²) in [6.45, 7) is 5.12. The summed E-state index contributed by atoms with van der Waals surface area (Å²) in [5.41, 5.74) is 5.49. The fourth-order valence-corrected chi connectivity index (χ4v) is 2.45. The van der Waals surface area contributed by atoms with Crippen molar-refractivity contribution in [1.29, 1.82) is 0 Å². The zero-order chi connectivity index (χ0) is 8.04. The van der Waals surface area contributed by atoms with Crippen LogP contribution in [-0.4, -0.2) is 28.8 Å². The average molecular weight is 181 g/mol. The summed E-state index contributed by atoms with van der Waals surface area (Å²) in [5.74, 6) is 0.786. The Morgan fingerprint density at radius 1 is 1.50 bits per heavy atom. The minimum atomic E-state index is 0.139. The summed E-state index contributed by atoms with van der Waals surface area (Å²) in [6, 6.07) is 0. The zero-order valence-corrected chi connectivity index (χ0v) is 8.10.